The van der Waals surface area contributed by atoms with Crippen LogP contribution in [0, 0.1) is 41.5 Å². The van der Waals surface area contributed by atoms with Gasteiger partial charge >= 0.3 is 0 Å². The van der Waals surface area contributed by atoms with Crippen molar-refractivity contribution in [3.63, 3.8) is 0 Å². The third-order valence-corrected chi connectivity index (χ3v) is 6.82. The van der Waals surface area contributed by atoms with Crippen LogP contribution in [-0.2, 0) is 13.0 Å². The SMILES string of the molecule is CC.CC.Cc1nc2c(Cl)cccn2c1C.Cc1nc2n(c1C)CCCC2.Cc1nc2ncccn2c1C. The highest BCUT2D eigenvalue weighted by molar-refractivity contribution is 6.33. The average molecular weight is 538 g/mol. The number of hydrogen-bond acceptors (Lipinski definition) is 4. The highest BCUT2D eigenvalue weighted by atomic mass is 35.5. The van der Waals surface area contributed by atoms with Crippen LogP contribution in [0.4, 0.5) is 0 Å². The molecule has 6 rings (SSSR count). The molecule has 0 amide bonds. The Balaban J connectivity index is 0.000000188. The Morgan fingerprint density at radius 2 is 1.32 bits per heavy atom. The minimum absolute atomic E-state index is 0.703. The summed E-state index contributed by atoms with van der Waals surface area (Å²) in [5.74, 6) is 2.08. The van der Waals surface area contributed by atoms with Gasteiger partial charge in [-0.25, -0.2) is 19.9 Å². The topological polar surface area (TPSA) is 65.3 Å². The molecule has 38 heavy (non-hydrogen) atoms. The van der Waals surface area contributed by atoms with Gasteiger partial charge in [0, 0.05) is 48.6 Å². The van der Waals surface area contributed by atoms with Gasteiger partial charge in [-0.3, -0.25) is 4.40 Å². The summed E-state index contributed by atoms with van der Waals surface area (Å²) in [6, 6.07) is 5.67. The van der Waals surface area contributed by atoms with E-state index in [9.17, 15) is 0 Å². The first kappa shape index (κ1) is 31.0. The molecule has 0 fully saturated rings. The van der Waals surface area contributed by atoms with Crippen molar-refractivity contribution in [2.24, 2.45) is 0 Å². The first-order chi connectivity index (χ1) is 18.3. The van der Waals surface area contributed by atoms with E-state index in [-0.39, 0.29) is 0 Å². The van der Waals surface area contributed by atoms with E-state index in [1.54, 1.807) is 6.20 Å². The monoisotopic (exact) mass is 537 g/mol. The molecular formula is C30H44ClN7. The first-order valence-electron chi connectivity index (χ1n) is 13.7. The molecule has 0 atom stereocenters. The summed E-state index contributed by atoms with van der Waals surface area (Å²) in [5, 5.41) is 0.703. The van der Waals surface area contributed by atoms with E-state index in [2.05, 4.69) is 38.4 Å². The van der Waals surface area contributed by atoms with E-state index < -0.39 is 0 Å². The van der Waals surface area contributed by atoms with Gasteiger partial charge in [0.2, 0.25) is 5.78 Å². The molecule has 1 aliphatic rings. The lowest BCUT2D eigenvalue weighted by Gasteiger charge is -2.14. The van der Waals surface area contributed by atoms with E-state index in [0.717, 1.165) is 34.2 Å². The quantitative estimate of drug-likeness (QED) is 0.202. The lowest BCUT2D eigenvalue weighted by Crippen LogP contribution is -2.11. The normalized spacial score (nSPS) is 11.7. The Morgan fingerprint density at radius 1 is 0.711 bits per heavy atom. The highest BCUT2D eigenvalue weighted by Gasteiger charge is 2.13. The van der Waals surface area contributed by atoms with E-state index in [1.807, 2.05) is 94.8 Å². The Labute approximate surface area is 233 Å². The molecule has 0 saturated carbocycles. The first-order valence-corrected chi connectivity index (χ1v) is 14.0. The van der Waals surface area contributed by atoms with Gasteiger partial charge in [-0.15, -0.1) is 0 Å². The molecule has 206 valence electrons. The Hall–Kier alpha value is -3.19. The summed E-state index contributed by atoms with van der Waals surface area (Å²) in [4.78, 5) is 17.2. The molecule has 5 aromatic heterocycles. The van der Waals surface area contributed by atoms with Crippen LogP contribution in [0.2, 0.25) is 5.02 Å². The standard InChI is InChI=1S/C9H9ClN2.C9H14N2.C8H9N3.2C2H6/c1-6-7(2)12-5-3-4-8(10)9(12)11-6;1-7-8(2)11-6-4-3-5-9(11)10-7;1-6-7(2)11-5-3-4-9-8(11)10-6;2*1-2/h3-5H,1-2H3;3-6H2,1-2H3;3-5H,1-2H3;2*1-2H3. The van der Waals surface area contributed by atoms with Crippen LogP contribution < -0.4 is 0 Å². The van der Waals surface area contributed by atoms with Crippen LogP contribution in [0.3, 0.4) is 0 Å². The van der Waals surface area contributed by atoms with Gasteiger partial charge in [-0.2, -0.15) is 0 Å². The molecule has 0 aromatic carbocycles. The van der Waals surface area contributed by atoms with Gasteiger partial charge < -0.3 is 8.97 Å². The third kappa shape index (κ3) is 7.01. The predicted molar refractivity (Wildman–Crippen MR) is 159 cm³/mol. The smallest absolute Gasteiger partial charge is 0.234 e. The van der Waals surface area contributed by atoms with Crippen molar-refractivity contribution in [1.29, 1.82) is 0 Å². The number of aromatic nitrogens is 7. The number of imidazole rings is 3. The summed E-state index contributed by atoms with van der Waals surface area (Å²) in [6.45, 7) is 21.5. The number of halogens is 1. The summed E-state index contributed by atoms with van der Waals surface area (Å²) in [5.41, 5.74) is 7.79. The summed E-state index contributed by atoms with van der Waals surface area (Å²) in [7, 11) is 0. The minimum atomic E-state index is 0.703. The van der Waals surface area contributed by atoms with Gasteiger partial charge in [0.15, 0.2) is 5.65 Å². The zero-order valence-corrected chi connectivity index (χ0v) is 25.6. The van der Waals surface area contributed by atoms with Crippen LogP contribution in [0.1, 0.15) is 80.5 Å². The fourth-order valence-electron chi connectivity index (χ4n) is 4.14. The van der Waals surface area contributed by atoms with E-state index in [0.29, 0.717) is 5.02 Å². The van der Waals surface area contributed by atoms with E-state index >= 15 is 0 Å². The number of hydrogen-bond donors (Lipinski definition) is 0. The molecule has 0 aliphatic carbocycles. The number of nitrogens with zero attached hydrogens (tertiary/aromatic N) is 7. The molecular weight excluding hydrogens is 494 g/mol. The van der Waals surface area contributed by atoms with Gasteiger partial charge in [0.25, 0.3) is 0 Å². The Kier molecular flexibility index (Phi) is 12.0. The predicted octanol–water partition coefficient (Wildman–Crippen LogP) is 7.84. The van der Waals surface area contributed by atoms with E-state index in [4.69, 9.17) is 11.6 Å². The fraction of sp³-hybridized carbons (Fsp3) is 0.467. The average Bonchev–Trinajstić information content (AvgIpc) is 3.53. The number of pyridine rings is 1. The van der Waals surface area contributed by atoms with Crippen molar-refractivity contribution >= 4 is 23.0 Å². The second-order valence-corrected chi connectivity index (χ2v) is 9.12. The van der Waals surface area contributed by atoms with Gasteiger partial charge in [-0.1, -0.05) is 39.3 Å². The van der Waals surface area contributed by atoms with Gasteiger partial charge in [0.05, 0.1) is 22.1 Å². The fourth-order valence-corrected chi connectivity index (χ4v) is 4.35. The summed E-state index contributed by atoms with van der Waals surface area (Å²) >= 11 is 5.96. The van der Waals surface area contributed by atoms with Crippen molar-refractivity contribution in [1.82, 2.24) is 33.3 Å². The van der Waals surface area contributed by atoms with Crippen molar-refractivity contribution < 1.29 is 0 Å². The van der Waals surface area contributed by atoms with Crippen LogP contribution in [0.25, 0.3) is 11.4 Å². The van der Waals surface area contributed by atoms with Crippen molar-refractivity contribution in [2.45, 2.75) is 95.0 Å². The van der Waals surface area contributed by atoms with Gasteiger partial charge in [-0.05, 0) is 72.6 Å². The molecule has 7 nitrogen and oxygen atoms in total. The molecule has 1 aliphatic heterocycles. The minimum Gasteiger partial charge on any atom is -0.332 e. The maximum Gasteiger partial charge on any atom is 0.234 e. The Bertz CT molecular complexity index is 1440. The van der Waals surface area contributed by atoms with Crippen molar-refractivity contribution in [3.8, 4) is 0 Å². The second kappa shape index (κ2) is 14.7. The molecule has 0 bridgehead atoms. The van der Waals surface area contributed by atoms with Crippen molar-refractivity contribution in [2.75, 3.05) is 0 Å². The van der Waals surface area contributed by atoms with Crippen LogP contribution >= 0.6 is 11.6 Å². The van der Waals surface area contributed by atoms with Crippen LogP contribution in [0.5, 0.6) is 0 Å². The summed E-state index contributed by atoms with van der Waals surface area (Å²) < 4.78 is 6.34. The molecule has 5 aromatic rings. The third-order valence-electron chi connectivity index (χ3n) is 6.53. The molecule has 0 spiro atoms. The zero-order chi connectivity index (χ0) is 28.4. The number of rotatable bonds is 0. The molecule has 8 heteroatoms. The maximum absolute atomic E-state index is 5.96. The molecule has 6 heterocycles. The highest BCUT2D eigenvalue weighted by Crippen LogP contribution is 2.19. The molecule has 0 saturated heterocycles. The van der Waals surface area contributed by atoms with Crippen LogP contribution in [-0.4, -0.2) is 33.3 Å². The number of aryl methyl sites for hydroxylation is 6. The maximum atomic E-state index is 5.96. The van der Waals surface area contributed by atoms with Crippen LogP contribution in [0.15, 0.2) is 36.8 Å². The molecule has 0 unspecified atom stereocenters. The molecule has 0 radical (unpaired) electrons. The summed E-state index contributed by atoms with van der Waals surface area (Å²) in [6.07, 6.45) is 9.50. The lowest BCUT2D eigenvalue weighted by molar-refractivity contribution is 0.514. The number of fused-ring (bicyclic) bond motifs is 3. The van der Waals surface area contributed by atoms with E-state index in [1.165, 1.54) is 43.0 Å². The second-order valence-electron chi connectivity index (χ2n) is 8.71. The largest absolute Gasteiger partial charge is 0.332 e. The lowest BCUT2D eigenvalue weighted by atomic mass is 10.2. The Morgan fingerprint density at radius 3 is 1.95 bits per heavy atom. The zero-order valence-electron chi connectivity index (χ0n) is 24.8. The molecule has 0 N–H and O–H groups in total. The van der Waals surface area contributed by atoms with Gasteiger partial charge in [0.1, 0.15) is 5.82 Å². The van der Waals surface area contributed by atoms with Crippen molar-refractivity contribution in [3.05, 3.63) is 81.8 Å².